The molecule has 0 fully saturated rings. The van der Waals surface area contributed by atoms with Crippen molar-refractivity contribution in [2.75, 3.05) is 0 Å². The highest BCUT2D eigenvalue weighted by atomic mass is 32.2. The molecule has 0 bridgehead atoms. The van der Waals surface area contributed by atoms with E-state index in [1.165, 1.54) is 11.1 Å². The molecule has 0 saturated heterocycles. The summed E-state index contributed by atoms with van der Waals surface area (Å²) in [6.45, 7) is 4.13. The van der Waals surface area contributed by atoms with Crippen molar-refractivity contribution in [2.24, 2.45) is 0 Å². The molecule has 1 aromatic rings. The van der Waals surface area contributed by atoms with Gasteiger partial charge in [0, 0.05) is 11.0 Å². The number of carbonyl (C=O) groups is 1. The van der Waals surface area contributed by atoms with Gasteiger partial charge in [0.15, 0.2) is 0 Å². The van der Waals surface area contributed by atoms with Gasteiger partial charge in [-0.25, -0.2) is 0 Å². The third-order valence-electron chi connectivity index (χ3n) is 2.59. The zero-order chi connectivity index (χ0) is 12.0. The van der Waals surface area contributed by atoms with Crippen molar-refractivity contribution in [2.45, 2.75) is 37.7 Å². The number of carboxylic acids is 1. The maximum Gasteiger partial charge on any atom is 0.304 e. The fraction of sp³-hybridized carbons (Fsp3) is 0.462. The topological polar surface area (TPSA) is 37.3 Å². The Kier molecular flexibility index (Phi) is 5.39. The van der Waals surface area contributed by atoms with E-state index in [9.17, 15) is 4.79 Å². The van der Waals surface area contributed by atoms with Crippen LogP contribution in [0.4, 0.5) is 0 Å². The first-order chi connectivity index (χ1) is 7.63. The lowest BCUT2D eigenvalue weighted by molar-refractivity contribution is -0.136. The third-order valence-corrected chi connectivity index (χ3v) is 4.04. The summed E-state index contributed by atoms with van der Waals surface area (Å²) in [6.07, 6.45) is 1.16. The molecule has 0 saturated carbocycles. The Bertz CT molecular complexity index is 350. The quantitative estimate of drug-likeness (QED) is 0.824. The van der Waals surface area contributed by atoms with Crippen molar-refractivity contribution in [1.82, 2.24) is 0 Å². The largest absolute Gasteiger partial charge is 0.481 e. The van der Waals surface area contributed by atoms with E-state index >= 15 is 0 Å². The van der Waals surface area contributed by atoms with Crippen molar-refractivity contribution in [1.29, 1.82) is 0 Å². The van der Waals surface area contributed by atoms with E-state index in [-0.39, 0.29) is 11.7 Å². The smallest absolute Gasteiger partial charge is 0.304 e. The zero-order valence-electron chi connectivity index (χ0n) is 9.77. The summed E-state index contributed by atoms with van der Waals surface area (Å²) < 4.78 is 0. The Morgan fingerprint density at radius 2 is 2.12 bits per heavy atom. The van der Waals surface area contributed by atoms with Crippen molar-refractivity contribution < 1.29 is 9.90 Å². The second-order valence-electron chi connectivity index (χ2n) is 3.87. The first kappa shape index (κ1) is 13.1. The Balaban J connectivity index is 2.49. The molecule has 88 valence electrons. The molecule has 16 heavy (non-hydrogen) atoms. The molecular formula is C13H18O2S. The number of hydrogen-bond donors (Lipinski definition) is 1. The summed E-state index contributed by atoms with van der Waals surface area (Å²) in [7, 11) is 0. The standard InChI is InChI=1S/C13H18O2S/c1-3-12(8-13(14)15)16-9-11-7-5-4-6-10(11)2/h4-7,12H,3,8-9H2,1-2H3,(H,14,15). The lowest BCUT2D eigenvalue weighted by Gasteiger charge is -2.12. The highest BCUT2D eigenvalue weighted by Crippen LogP contribution is 2.24. The van der Waals surface area contributed by atoms with Crippen molar-refractivity contribution in [3.63, 3.8) is 0 Å². The van der Waals surface area contributed by atoms with E-state index in [0.29, 0.717) is 0 Å². The molecule has 0 spiro atoms. The molecule has 1 unspecified atom stereocenters. The lowest BCUT2D eigenvalue weighted by atomic mass is 10.1. The monoisotopic (exact) mass is 238 g/mol. The molecule has 0 aliphatic heterocycles. The summed E-state index contributed by atoms with van der Waals surface area (Å²) >= 11 is 1.74. The van der Waals surface area contributed by atoms with Crippen molar-refractivity contribution >= 4 is 17.7 Å². The van der Waals surface area contributed by atoms with Crippen LogP contribution in [-0.2, 0) is 10.5 Å². The van der Waals surface area contributed by atoms with Crippen LogP contribution in [-0.4, -0.2) is 16.3 Å². The van der Waals surface area contributed by atoms with Crippen LogP contribution in [0.15, 0.2) is 24.3 Å². The van der Waals surface area contributed by atoms with Gasteiger partial charge in [0.1, 0.15) is 0 Å². The minimum Gasteiger partial charge on any atom is -0.481 e. The number of aliphatic carboxylic acids is 1. The molecule has 1 aromatic carbocycles. The van der Waals surface area contributed by atoms with Crippen LogP contribution in [0.25, 0.3) is 0 Å². The van der Waals surface area contributed by atoms with Crippen LogP contribution < -0.4 is 0 Å². The molecule has 1 atom stereocenters. The predicted molar refractivity (Wildman–Crippen MR) is 68.8 cm³/mol. The van der Waals surface area contributed by atoms with Crippen LogP contribution in [0, 0.1) is 6.92 Å². The molecular weight excluding hydrogens is 220 g/mol. The Labute approximate surface area is 101 Å². The SMILES string of the molecule is CCC(CC(=O)O)SCc1ccccc1C. The third kappa shape index (κ3) is 4.27. The number of aryl methyl sites for hydroxylation is 1. The maximum absolute atomic E-state index is 10.6. The van der Waals surface area contributed by atoms with E-state index < -0.39 is 5.97 Å². The first-order valence-electron chi connectivity index (χ1n) is 5.51. The number of hydrogen-bond acceptors (Lipinski definition) is 2. The van der Waals surface area contributed by atoms with Crippen LogP contribution in [0.3, 0.4) is 0 Å². The van der Waals surface area contributed by atoms with Crippen LogP contribution >= 0.6 is 11.8 Å². The molecule has 3 heteroatoms. The van der Waals surface area contributed by atoms with E-state index in [4.69, 9.17) is 5.11 Å². The highest BCUT2D eigenvalue weighted by molar-refractivity contribution is 7.99. The highest BCUT2D eigenvalue weighted by Gasteiger charge is 2.11. The fourth-order valence-electron chi connectivity index (χ4n) is 1.50. The van der Waals surface area contributed by atoms with E-state index in [2.05, 4.69) is 19.1 Å². The van der Waals surface area contributed by atoms with E-state index in [0.717, 1.165) is 12.2 Å². The second-order valence-corrected chi connectivity index (χ2v) is 5.15. The summed E-state index contributed by atoms with van der Waals surface area (Å²) in [5, 5.41) is 8.97. The normalized spacial score (nSPS) is 12.4. The van der Waals surface area contributed by atoms with Gasteiger partial charge in [-0.2, -0.15) is 11.8 Å². The Morgan fingerprint density at radius 3 is 2.69 bits per heavy atom. The zero-order valence-corrected chi connectivity index (χ0v) is 10.6. The van der Waals surface area contributed by atoms with Gasteiger partial charge >= 0.3 is 5.97 Å². The lowest BCUT2D eigenvalue weighted by Crippen LogP contribution is -2.09. The van der Waals surface area contributed by atoms with Gasteiger partial charge in [-0.05, 0) is 24.5 Å². The molecule has 0 aromatic heterocycles. The molecule has 1 N–H and O–H groups in total. The van der Waals surface area contributed by atoms with Gasteiger partial charge in [-0.3, -0.25) is 4.79 Å². The number of carboxylic acid groups (broad SMARTS) is 1. The van der Waals surface area contributed by atoms with Gasteiger partial charge in [-0.15, -0.1) is 0 Å². The van der Waals surface area contributed by atoms with Gasteiger partial charge in [0.25, 0.3) is 0 Å². The van der Waals surface area contributed by atoms with Gasteiger partial charge in [0.05, 0.1) is 6.42 Å². The van der Waals surface area contributed by atoms with E-state index in [1.807, 2.05) is 19.1 Å². The Hall–Kier alpha value is -0.960. The van der Waals surface area contributed by atoms with Crippen LogP contribution in [0.2, 0.25) is 0 Å². The van der Waals surface area contributed by atoms with Crippen LogP contribution in [0.1, 0.15) is 30.9 Å². The molecule has 0 amide bonds. The molecule has 0 radical (unpaired) electrons. The van der Waals surface area contributed by atoms with Crippen molar-refractivity contribution in [3.8, 4) is 0 Å². The van der Waals surface area contributed by atoms with Crippen LogP contribution in [0.5, 0.6) is 0 Å². The molecule has 1 rings (SSSR count). The molecule has 2 nitrogen and oxygen atoms in total. The predicted octanol–water partition coefficient (Wildman–Crippen LogP) is 3.48. The summed E-state index contributed by atoms with van der Waals surface area (Å²) in [5.41, 5.74) is 2.58. The average Bonchev–Trinajstić information content (AvgIpc) is 2.25. The van der Waals surface area contributed by atoms with E-state index in [1.54, 1.807) is 11.8 Å². The number of thioether (sulfide) groups is 1. The second kappa shape index (κ2) is 6.59. The summed E-state index contributed by atoms with van der Waals surface area (Å²) in [4.78, 5) is 10.6. The minimum absolute atomic E-state index is 0.220. The first-order valence-corrected chi connectivity index (χ1v) is 6.56. The Morgan fingerprint density at radius 1 is 1.44 bits per heavy atom. The fourth-order valence-corrected chi connectivity index (χ4v) is 2.73. The van der Waals surface area contributed by atoms with Crippen molar-refractivity contribution in [3.05, 3.63) is 35.4 Å². The summed E-state index contributed by atoms with van der Waals surface area (Å²) in [5.74, 6) is 0.197. The number of rotatable bonds is 6. The average molecular weight is 238 g/mol. The van der Waals surface area contributed by atoms with Gasteiger partial charge in [0.2, 0.25) is 0 Å². The minimum atomic E-state index is -0.705. The van der Waals surface area contributed by atoms with Gasteiger partial charge in [-0.1, -0.05) is 31.2 Å². The van der Waals surface area contributed by atoms with Gasteiger partial charge < -0.3 is 5.11 Å². The maximum atomic E-state index is 10.6. The molecule has 0 aliphatic carbocycles. The molecule has 0 aliphatic rings. The summed E-state index contributed by atoms with van der Waals surface area (Å²) in [6, 6.07) is 8.25. The molecule has 0 heterocycles. The number of benzene rings is 1.